The minimum atomic E-state index is -0.721. The van der Waals surface area contributed by atoms with Crippen molar-refractivity contribution in [1.82, 2.24) is 9.80 Å². The summed E-state index contributed by atoms with van der Waals surface area (Å²) in [6.45, 7) is 9.83. The Balaban J connectivity index is 2.05. The van der Waals surface area contributed by atoms with E-state index in [1.807, 2.05) is 19.1 Å². The summed E-state index contributed by atoms with van der Waals surface area (Å²) in [7, 11) is 1.56. The Morgan fingerprint density at radius 3 is 2.37 bits per heavy atom. The predicted molar refractivity (Wildman–Crippen MR) is 137 cm³/mol. The van der Waals surface area contributed by atoms with Gasteiger partial charge in [-0.3, -0.25) is 9.59 Å². The van der Waals surface area contributed by atoms with Crippen LogP contribution in [0, 0.1) is 0 Å². The minimum Gasteiger partial charge on any atom is -0.507 e. The number of ether oxygens (including phenoxy) is 2. The second-order valence-corrected chi connectivity index (χ2v) is 8.50. The van der Waals surface area contributed by atoms with Gasteiger partial charge in [-0.25, -0.2) is 0 Å². The Labute approximate surface area is 207 Å². The van der Waals surface area contributed by atoms with Crippen molar-refractivity contribution >= 4 is 17.4 Å². The number of amides is 1. The number of Topliss-reactive ketones (excluding diaryl/α,β-unsaturated/α-hetero) is 1. The molecule has 188 valence electrons. The second kappa shape index (κ2) is 12.4. The summed E-state index contributed by atoms with van der Waals surface area (Å²) in [5, 5.41) is 11.2. The van der Waals surface area contributed by atoms with Gasteiger partial charge in [-0.05, 0) is 50.2 Å². The molecule has 1 amide bonds. The van der Waals surface area contributed by atoms with E-state index in [1.165, 1.54) is 0 Å². The molecule has 1 unspecified atom stereocenters. The first-order valence-corrected chi connectivity index (χ1v) is 12.3. The number of rotatable bonds is 12. The van der Waals surface area contributed by atoms with Crippen LogP contribution in [0.25, 0.3) is 5.76 Å². The standard InChI is InChI=1S/C28H36N2O5/c1-5-18-35-22-15-14-21(19-23(22)34-4)25-24(26(31)20-12-9-8-10-13-20)27(32)28(33)30(25)17-11-16-29(6-2)7-3/h8-10,12-15,19,25,31H,5-7,11,16-18H2,1-4H3/b26-24-. The third-order valence-electron chi connectivity index (χ3n) is 6.32. The SMILES string of the molecule is CCCOc1ccc(C2/C(=C(/O)c3ccccc3)C(=O)C(=O)N2CCCN(CC)CC)cc1OC. The lowest BCUT2D eigenvalue weighted by Crippen LogP contribution is -2.33. The van der Waals surface area contributed by atoms with Crippen molar-refractivity contribution in [1.29, 1.82) is 0 Å². The molecular formula is C28H36N2O5. The van der Waals surface area contributed by atoms with Gasteiger partial charge in [-0.1, -0.05) is 57.2 Å². The summed E-state index contributed by atoms with van der Waals surface area (Å²) >= 11 is 0. The van der Waals surface area contributed by atoms with E-state index < -0.39 is 17.7 Å². The molecule has 1 heterocycles. The Morgan fingerprint density at radius 2 is 1.74 bits per heavy atom. The van der Waals surface area contributed by atoms with Crippen LogP contribution < -0.4 is 9.47 Å². The van der Waals surface area contributed by atoms with E-state index >= 15 is 0 Å². The zero-order chi connectivity index (χ0) is 25.4. The molecule has 7 heteroatoms. The van der Waals surface area contributed by atoms with E-state index in [2.05, 4.69) is 18.7 Å². The quantitative estimate of drug-likeness (QED) is 0.271. The Kier molecular flexibility index (Phi) is 9.32. The van der Waals surface area contributed by atoms with E-state index in [1.54, 1.807) is 48.4 Å². The molecule has 1 atom stereocenters. The lowest BCUT2D eigenvalue weighted by atomic mass is 9.95. The summed E-state index contributed by atoms with van der Waals surface area (Å²) < 4.78 is 11.3. The van der Waals surface area contributed by atoms with Gasteiger partial charge >= 0.3 is 0 Å². The molecule has 0 aromatic heterocycles. The van der Waals surface area contributed by atoms with Crippen molar-refractivity contribution < 1.29 is 24.2 Å². The van der Waals surface area contributed by atoms with E-state index in [9.17, 15) is 14.7 Å². The van der Waals surface area contributed by atoms with Gasteiger partial charge in [0, 0.05) is 12.1 Å². The van der Waals surface area contributed by atoms with Crippen LogP contribution in [0.3, 0.4) is 0 Å². The molecule has 0 spiro atoms. The summed E-state index contributed by atoms with van der Waals surface area (Å²) in [6, 6.07) is 13.5. The average Bonchev–Trinajstić information content (AvgIpc) is 3.14. The lowest BCUT2D eigenvalue weighted by Gasteiger charge is -2.27. The third kappa shape index (κ3) is 5.85. The van der Waals surface area contributed by atoms with Crippen molar-refractivity contribution in [2.75, 3.05) is 39.9 Å². The Hall–Kier alpha value is -3.32. The fourth-order valence-electron chi connectivity index (χ4n) is 4.40. The Morgan fingerprint density at radius 1 is 1.03 bits per heavy atom. The predicted octanol–water partition coefficient (Wildman–Crippen LogP) is 4.64. The molecule has 0 aliphatic carbocycles. The number of aliphatic hydroxyl groups is 1. The molecule has 0 bridgehead atoms. The van der Waals surface area contributed by atoms with Gasteiger partial charge in [0.25, 0.3) is 11.7 Å². The van der Waals surface area contributed by atoms with Crippen LogP contribution in [0.5, 0.6) is 11.5 Å². The number of aliphatic hydroxyl groups excluding tert-OH is 1. The fourth-order valence-corrected chi connectivity index (χ4v) is 4.40. The number of hydrogen-bond donors (Lipinski definition) is 1. The fraction of sp³-hybridized carbons (Fsp3) is 0.429. The molecule has 1 aliphatic heterocycles. The molecular weight excluding hydrogens is 444 g/mol. The molecule has 1 saturated heterocycles. The van der Waals surface area contributed by atoms with Crippen LogP contribution in [0.15, 0.2) is 54.1 Å². The molecule has 7 nitrogen and oxygen atoms in total. The maximum atomic E-state index is 13.2. The van der Waals surface area contributed by atoms with Crippen molar-refractivity contribution in [3.05, 3.63) is 65.2 Å². The first-order chi connectivity index (χ1) is 17.0. The molecule has 0 saturated carbocycles. The van der Waals surface area contributed by atoms with E-state index in [0.29, 0.717) is 42.2 Å². The number of ketones is 1. The van der Waals surface area contributed by atoms with Crippen molar-refractivity contribution in [3.63, 3.8) is 0 Å². The van der Waals surface area contributed by atoms with Crippen molar-refractivity contribution in [2.45, 2.75) is 39.7 Å². The van der Waals surface area contributed by atoms with Gasteiger partial charge in [-0.15, -0.1) is 0 Å². The van der Waals surface area contributed by atoms with Crippen LogP contribution in [0.4, 0.5) is 0 Å². The van der Waals surface area contributed by atoms with Gasteiger partial charge in [0.05, 0.1) is 25.3 Å². The third-order valence-corrected chi connectivity index (χ3v) is 6.32. The van der Waals surface area contributed by atoms with Crippen LogP contribution in [-0.4, -0.2) is 66.5 Å². The number of carbonyl (C=O) groups is 2. The van der Waals surface area contributed by atoms with Crippen molar-refractivity contribution in [2.24, 2.45) is 0 Å². The lowest BCUT2D eigenvalue weighted by molar-refractivity contribution is -0.140. The van der Waals surface area contributed by atoms with Gasteiger partial charge in [0.2, 0.25) is 0 Å². The number of methoxy groups -OCH3 is 1. The summed E-state index contributed by atoms with van der Waals surface area (Å²) in [5.41, 5.74) is 1.27. The topological polar surface area (TPSA) is 79.3 Å². The normalized spacial score (nSPS) is 17.3. The number of carbonyl (C=O) groups excluding carboxylic acids is 2. The maximum absolute atomic E-state index is 13.2. The van der Waals surface area contributed by atoms with Crippen LogP contribution in [0.2, 0.25) is 0 Å². The summed E-state index contributed by atoms with van der Waals surface area (Å²) in [4.78, 5) is 30.2. The molecule has 1 N–H and O–H groups in total. The summed E-state index contributed by atoms with van der Waals surface area (Å²) in [5.74, 6) is -0.337. The maximum Gasteiger partial charge on any atom is 0.295 e. The minimum absolute atomic E-state index is 0.0910. The molecule has 35 heavy (non-hydrogen) atoms. The first-order valence-electron chi connectivity index (χ1n) is 12.3. The molecule has 1 fully saturated rings. The average molecular weight is 481 g/mol. The monoisotopic (exact) mass is 480 g/mol. The zero-order valence-corrected chi connectivity index (χ0v) is 21.1. The molecule has 1 aliphatic rings. The van der Waals surface area contributed by atoms with Gasteiger partial charge < -0.3 is 24.4 Å². The number of nitrogens with zero attached hydrogens (tertiary/aromatic N) is 2. The van der Waals surface area contributed by atoms with E-state index in [0.717, 1.165) is 26.1 Å². The van der Waals surface area contributed by atoms with Crippen LogP contribution in [-0.2, 0) is 9.59 Å². The van der Waals surface area contributed by atoms with E-state index in [-0.39, 0.29) is 11.3 Å². The van der Waals surface area contributed by atoms with Crippen molar-refractivity contribution in [3.8, 4) is 11.5 Å². The highest BCUT2D eigenvalue weighted by Gasteiger charge is 2.46. The highest BCUT2D eigenvalue weighted by molar-refractivity contribution is 6.46. The number of benzene rings is 2. The first kappa shape index (κ1) is 26.3. The Bertz CT molecular complexity index is 1050. The highest BCUT2D eigenvalue weighted by atomic mass is 16.5. The highest BCUT2D eigenvalue weighted by Crippen LogP contribution is 2.42. The molecule has 3 rings (SSSR count). The summed E-state index contributed by atoms with van der Waals surface area (Å²) in [6.07, 6.45) is 1.57. The van der Waals surface area contributed by atoms with Gasteiger partial charge in [0.1, 0.15) is 5.76 Å². The zero-order valence-electron chi connectivity index (χ0n) is 21.1. The number of hydrogen-bond acceptors (Lipinski definition) is 6. The van der Waals surface area contributed by atoms with Gasteiger partial charge in [0.15, 0.2) is 11.5 Å². The van der Waals surface area contributed by atoms with Gasteiger partial charge in [-0.2, -0.15) is 0 Å². The largest absolute Gasteiger partial charge is 0.507 e. The number of likely N-dealkylation sites (tertiary alicyclic amines) is 1. The molecule has 2 aromatic rings. The smallest absolute Gasteiger partial charge is 0.295 e. The second-order valence-electron chi connectivity index (χ2n) is 8.50. The molecule has 0 radical (unpaired) electrons. The van der Waals surface area contributed by atoms with Crippen LogP contribution >= 0.6 is 0 Å². The van der Waals surface area contributed by atoms with E-state index in [4.69, 9.17) is 9.47 Å². The van der Waals surface area contributed by atoms with Crippen LogP contribution in [0.1, 0.15) is 50.8 Å². The molecule has 2 aromatic carbocycles.